The molecule has 118 valence electrons. The summed E-state index contributed by atoms with van der Waals surface area (Å²) < 4.78 is 5.37. The minimum Gasteiger partial charge on any atom is -0.484 e. The van der Waals surface area contributed by atoms with Crippen LogP contribution in [0.5, 0.6) is 5.75 Å². The number of ether oxygens (including phenoxy) is 1. The number of rotatable bonds is 6. The summed E-state index contributed by atoms with van der Waals surface area (Å²) in [5.41, 5.74) is 5.86. The van der Waals surface area contributed by atoms with E-state index in [9.17, 15) is 14.4 Å². The Morgan fingerprint density at radius 2 is 1.95 bits per heavy atom. The molecule has 22 heavy (non-hydrogen) atoms. The van der Waals surface area contributed by atoms with Gasteiger partial charge in [-0.25, -0.2) is 4.79 Å². The molecule has 0 aliphatic carbocycles. The van der Waals surface area contributed by atoms with Gasteiger partial charge >= 0.3 is 5.97 Å². The molecular weight excluding hydrogens is 288 g/mol. The highest BCUT2D eigenvalue weighted by Gasteiger charge is 2.33. The van der Waals surface area contributed by atoms with E-state index in [0.29, 0.717) is 25.1 Å². The van der Waals surface area contributed by atoms with Crippen LogP contribution in [0.15, 0.2) is 24.3 Å². The highest BCUT2D eigenvalue weighted by atomic mass is 16.5. The lowest BCUT2D eigenvalue weighted by atomic mass is 10.1. The van der Waals surface area contributed by atoms with Crippen LogP contribution in [0.3, 0.4) is 0 Å². The second-order valence-corrected chi connectivity index (χ2v) is 5.16. The molecule has 1 heterocycles. The molecule has 1 atom stereocenters. The highest BCUT2D eigenvalue weighted by Crippen LogP contribution is 2.18. The fourth-order valence-electron chi connectivity index (χ4n) is 2.45. The average Bonchev–Trinajstić information content (AvgIpc) is 2.95. The van der Waals surface area contributed by atoms with E-state index in [2.05, 4.69) is 0 Å². The Kier molecular flexibility index (Phi) is 4.98. The molecule has 0 radical (unpaired) electrons. The Labute approximate surface area is 127 Å². The van der Waals surface area contributed by atoms with E-state index in [4.69, 9.17) is 15.6 Å². The summed E-state index contributed by atoms with van der Waals surface area (Å²) in [5, 5.41) is 9.05. The SMILES string of the molecule is NC(=O)Cc1ccc(OCC(=O)N2CCC[C@@H]2C(=O)O)cc1. The van der Waals surface area contributed by atoms with Gasteiger partial charge in [0.15, 0.2) is 6.61 Å². The lowest BCUT2D eigenvalue weighted by Crippen LogP contribution is -2.42. The van der Waals surface area contributed by atoms with Gasteiger partial charge in [0, 0.05) is 6.54 Å². The number of carboxylic acids is 1. The van der Waals surface area contributed by atoms with E-state index in [1.54, 1.807) is 24.3 Å². The molecule has 0 unspecified atom stereocenters. The van der Waals surface area contributed by atoms with E-state index >= 15 is 0 Å². The monoisotopic (exact) mass is 306 g/mol. The number of hydrogen-bond donors (Lipinski definition) is 2. The number of aliphatic carboxylic acids is 1. The van der Waals surface area contributed by atoms with Crippen LogP contribution in [0.4, 0.5) is 0 Å². The van der Waals surface area contributed by atoms with Gasteiger partial charge in [-0.1, -0.05) is 12.1 Å². The van der Waals surface area contributed by atoms with E-state index in [0.717, 1.165) is 5.56 Å². The van der Waals surface area contributed by atoms with Gasteiger partial charge in [-0.05, 0) is 30.5 Å². The molecule has 7 nitrogen and oxygen atoms in total. The Bertz CT molecular complexity index is 570. The van der Waals surface area contributed by atoms with E-state index < -0.39 is 17.9 Å². The summed E-state index contributed by atoms with van der Waals surface area (Å²) in [6, 6.07) is 5.92. The second kappa shape index (κ2) is 6.93. The summed E-state index contributed by atoms with van der Waals surface area (Å²) in [7, 11) is 0. The predicted molar refractivity (Wildman–Crippen MR) is 77.2 cm³/mol. The van der Waals surface area contributed by atoms with Gasteiger partial charge in [0.2, 0.25) is 5.91 Å². The predicted octanol–water partition coefficient (Wildman–Crippen LogP) is 0.169. The number of amides is 2. The number of benzene rings is 1. The largest absolute Gasteiger partial charge is 0.484 e. The first-order valence-electron chi connectivity index (χ1n) is 6.99. The maximum Gasteiger partial charge on any atom is 0.326 e. The Hall–Kier alpha value is -2.57. The molecule has 3 N–H and O–H groups in total. The topological polar surface area (TPSA) is 110 Å². The fourth-order valence-corrected chi connectivity index (χ4v) is 2.45. The van der Waals surface area contributed by atoms with Crippen molar-refractivity contribution in [1.82, 2.24) is 4.90 Å². The fraction of sp³-hybridized carbons (Fsp3) is 0.400. The molecule has 2 amide bonds. The molecule has 0 saturated carbocycles. The molecule has 1 aromatic rings. The van der Waals surface area contributed by atoms with Crippen LogP contribution in [0, 0.1) is 0 Å². The van der Waals surface area contributed by atoms with Crippen LogP contribution in [0.1, 0.15) is 18.4 Å². The van der Waals surface area contributed by atoms with E-state index in [1.165, 1.54) is 4.90 Å². The maximum atomic E-state index is 12.0. The third kappa shape index (κ3) is 3.97. The molecule has 1 aliphatic rings. The second-order valence-electron chi connectivity index (χ2n) is 5.16. The summed E-state index contributed by atoms with van der Waals surface area (Å²) in [6.45, 7) is 0.232. The van der Waals surface area contributed by atoms with Gasteiger partial charge in [-0.2, -0.15) is 0 Å². The molecule has 1 aromatic carbocycles. The van der Waals surface area contributed by atoms with Crippen molar-refractivity contribution in [2.75, 3.05) is 13.2 Å². The van der Waals surface area contributed by atoms with Crippen molar-refractivity contribution < 1.29 is 24.2 Å². The molecule has 7 heteroatoms. The van der Waals surface area contributed by atoms with Crippen molar-refractivity contribution in [3.05, 3.63) is 29.8 Å². The summed E-state index contributed by atoms with van der Waals surface area (Å²) in [5.74, 6) is -1.27. The van der Waals surface area contributed by atoms with E-state index in [1.807, 2.05) is 0 Å². The lowest BCUT2D eigenvalue weighted by molar-refractivity contribution is -0.148. The van der Waals surface area contributed by atoms with Crippen LogP contribution in [-0.4, -0.2) is 47.0 Å². The quantitative estimate of drug-likeness (QED) is 0.778. The van der Waals surface area contributed by atoms with Crippen molar-refractivity contribution in [3.63, 3.8) is 0 Å². The van der Waals surface area contributed by atoms with Crippen LogP contribution >= 0.6 is 0 Å². The summed E-state index contributed by atoms with van der Waals surface area (Å²) >= 11 is 0. The maximum absolute atomic E-state index is 12.0. The van der Waals surface area contributed by atoms with Crippen molar-refractivity contribution >= 4 is 17.8 Å². The number of carbonyl (C=O) groups is 3. The summed E-state index contributed by atoms with van der Waals surface area (Å²) in [6.07, 6.45) is 1.31. The minimum atomic E-state index is -0.985. The van der Waals surface area contributed by atoms with Gasteiger partial charge in [-0.15, -0.1) is 0 Å². The number of carboxylic acid groups (broad SMARTS) is 1. The van der Waals surface area contributed by atoms with Gasteiger partial charge in [0.25, 0.3) is 5.91 Å². The van der Waals surface area contributed by atoms with E-state index in [-0.39, 0.29) is 18.9 Å². The highest BCUT2D eigenvalue weighted by molar-refractivity contribution is 5.85. The number of carbonyl (C=O) groups excluding carboxylic acids is 2. The van der Waals surface area contributed by atoms with Crippen molar-refractivity contribution in [1.29, 1.82) is 0 Å². The number of hydrogen-bond acceptors (Lipinski definition) is 4. The molecule has 0 spiro atoms. The molecule has 2 rings (SSSR count). The lowest BCUT2D eigenvalue weighted by Gasteiger charge is -2.21. The van der Waals surface area contributed by atoms with Gasteiger partial charge < -0.3 is 20.5 Å². The Balaban J connectivity index is 1.88. The Morgan fingerprint density at radius 1 is 1.27 bits per heavy atom. The number of likely N-dealkylation sites (tertiary alicyclic amines) is 1. The molecule has 0 aromatic heterocycles. The third-order valence-electron chi connectivity index (χ3n) is 3.52. The van der Waals surface area contributed by atoms with Crippen molar-refractivity contribution in [2.24, 2.45) is 5.73 Å². The van der Waals surface area contributed by atoms with Crippen LogP contribution in [0.25, 0.3) is 0 Å². The van der Waals surface area contributed by atoms with Crippen LogP contribution in [0.2, 0.25) is 0 Å². The van der Waals surface area contributed by atoms with Gasteiger partial charge in [-0.3, -0.25) is 9.59 Å². The molecular formula is C15H18N2O5. The zero-order valence-electron chi connectivity index (χ0n) is 12.0. The molecule has 0 bridgehead atoms. The molecule has 1 aliphatic heterocycles. The standard InChI is InChI=1S/C15H18N2O5/c16-13(18)8-10-3-5-11(6-4-10)22-9-14(19)17-7-1-2-12(17)15(20)21/h3-6,12H,1-2,7-9H2,(H2,16,18)(H,20,21)/t12-/m1/s1. The first kappa shape index (κ1) is 15.8. The minimum absolute atomic E-state index is 0.146. The Morgan fingerprint density at radius 3 is 2.55 bits per heavy atom. The smallest absolute Gasteiger partial charge is 0.326 e. The zero-order chi connectivity index (χ0) is 16.1. The van der Waals surface area contributed by atoms with Crippen molar-refractivity contribution in [2.45, 2.75) is 25.3 Å². The number of nitrogens with zero attached hydrogens (tertiary/aromatic N) is 1. The molecule has 1 saturated heterocycles. The average molecular weight is 306 g/mol. The number of primary amides is 1. The zero-order valence-corrected chi connectivity index (χ0v) is 12.0. The van der Waals surface area contributed by atoms with Gasteiger partial charge in [0.05, 0.1) is 6.42 Å². The third-order valence-corrected chi connectivity index (χ3v) is 3.52. The normalized spacial score (nSPS) is 17.3. The first-order chi connectivity index (χ1) is 10.5. The molecule has 1 fully saturated rings. The summed E-state index contributed by atoms with van der Waals surface area (Å²) in [4.78, 5) is 35.2. The van der Waals surface area contributed by atoms with Crippen LogP contribution < -0.4 is 10.5 Å². The van der Waals surface area contributed by atoms with Gasteiger partial charge in [0.1, 0.15) is 11.8 Å². The van der Waals surface area contributed by atoms with Crippen molar-refractivity contribution in [3.8, 4) is 5.75 Å². The first-order valence-corrected chi connectivity index (χ1v) is 6.99. The number of nitrogens with two attached hydrogens (primary N) is 1. The van der Waals surface area contributed by atoms with Crippen LogP contribution in [-0.2, 0) is 20.8 Å².